The van der Waals surface area contributed by atoms with E-state index in [2.05, 4.69) is 24.1 Å². The second-order valence-corrected chi connectivity index (χ2v) is 4.53. The Labute approximate surface area is 106 Å². The van der Waals surface area contributed by atoms with Gasteiger partial charge in [-0.1, -0.05) is 13.8 Å². The summed E-state index contributed by atoms with van der Waals surface area (Å²) in [5, 5.41) is 3.79. The Bertz CT molecular complexity index is 505. The normalized spacial score (nSPS) is 10.3. The summed E-state index contributed by atoms with van der Waals surface area (Å²) in [4.78, 5) is 13.2. The minimum atomic E-state index is -0.293. The molecule has 4 heteroatoms. The number of carbonyl (C=O) groups excluding carboxylic acids is 1. The summed E-state index contributed by atoms with van der Waals surface area (Å²) in [5.74, 6) is 0.494. The van der Waals surface area contributed by atoms with Crippen LogP contribution in [-0.2, 0) is 0 Å². The van der Waals surface area contributed by atoms with Gasteiger partial charge in [-0.3, -0.25) is 4.79 Å². The molecule has 1 aromatic heterocycles. The van der Waals surface area contributed by atoms with Crippen molar-refractivity contribution in [3.05, 3.63) is 35.8 Å². The zero-order valence-electron chi connectivity index (χ0n) is 11.0. The third kappa shape index (κ3) is 4.30. The Morgan fingerprint density at radius 1 is 1.39 bits per heavy atom. The van der Waals surface area contributed by atoms with Crippen LogP contribution >= 0.6 is 0 Å². The first-order valence-electron chi connectivity index (χ1n) is 5.95. The Hall–Kier alpha value is -1.68. The molecule has 2 N–H and O–H groups in total. The van der Waals surface area contributed by atoms with Crippen molar-refractivity contribution in [2.75, 3.05) is 13.6 Å². The van der Waals surface area contributed by atoms with Gasteiger partial charge in [0.1, 0.15) is 5.82 Å². The molecule has 1 aromatic carbocycles. The van der Waals surface area contributed by atoms with Gasteiger partial charge < -0.3 is 10.3 Å². The first-order chi connectivity index (χ1) is 8.56. The van der Waals surface area contributed by atoms with Crippen LogP contribution in [0, 0.1) is 11.7 Å². The molecular weight excluding hydrogens is 231 g/mol. The van der Waals surface area contributed by atoms with Gasteiger partial charge in [-0.05, 0) is 43.8 Å². The van der Waals surface area contributed by atoms with Crippen LogP contribution in [0.15, 0.2) is 24.3 Å². The molecule has 0 saturated heterocycles. The largest absolute Gasteiger partial charge is 0.352 e. The van der Waals surface area contributed by atoms with Gasteiger partial charge in [-0.15, -0.1) is 0 Å². The van der Waals surface area contributed by atoms with Crippen LogP contribution in [-0.4, -0.2) is 24.9 Å². The number of benzene rings is 1. The summed E-state index contributed by atoms with van der Waals surface area (Å²) in [6, 6.07) is 5.97. The van der Waals surface area contributed by atoms with Crippen LogP contribution in [0.3, 0.4) is 0 Å². The Morgan fingerprint density at radius 2 is 2.11 bits per heavy atom. The smallest absolute Gasteiger partial charge is 0.166 e. The number of hydrogen-bond acceptors (Lipinski definition) is 2. The average molecular weight is 250 g/mol. The van der Waals surface area contributed by atoms with Gasteiger partial charge in [-0.25, -0.2) is 4.39 Å². The van der Waals surface area contributed by atoms with Crippen molar-refractivity contribution in [1.82, 2.24) is 10.3 Å². The van der Waals surface area contributed by atoms with Gasteiger partial charge in [0.25, 0.3) is 0 Å². The average Bonchev–Trinajstić information content (AvgIpc) is 2.71. The monoisotopic (exact) mass is 250 g/mol. The van der Waals surface area contributed by atoms with E-state index >= 15 is 0 Å². The Morgan fingerprint density at radius 3 is 2.61 bits per heavy atom. The Balaban J connectivity index is 0.000000232. The zero-order chi connectivity index (χ0) is 13.5. The Kier molecular flexibility index (Phi) is 5.52. The van der Waals surface area contributed by atoms with Crippen molar-refractivity contribution in [1.29, 1.82) is 0 Å². The zero-order valence-corrected chi connectivity index (χ0v) is 11.0. The number of halogens is 1. The molecule has 0 radical (unpaired) electrons. The second-order valence-electron chi connectivity index (χ2n) is 4.53. The number of aromatic nitrogens is 1. The van der Waals surface area contributed by atoms with Gasteiger partial charge in [0.2, 0.25) is 0 Å². The molecule has 0 aliphatic rings. The third-order valence-electron chi connectivity index (χ3n) is 2.34. The lowest BCUT2D eigenvalue weighted by Crippen LogP contribution is -2.12. The number of aldehydes is 1. The molecule has 2 aromatic rings. The van der Waals surface area contributed by atoms with E-state index in [1.165, 1.54) is 12.1 Å². The fourth-order valence-corrected chi connectivity index (χ4v) is 1.60. The minimum Gasteiger partial charge on any atom is -0.352 e. The summed E-state index contributed by atoms with van der Waals surface area (Å²) in [6.07, 6.45) is 0.706. The van der Waals surface area contributed by atoms with Gasteiger partial charge in [0.05, 0.1) is 5.69 Å². The number of H-pyrrole nitrogens is 1. The molecule has 0 amide bonds. The van der Waals surface area contributed by atoms with E-state index in [4.69, 9.17) is 0 Å². The van der Waals surface area contributed by atoms with Crippen molar-refractivity contribution in [3.8, 4) is 0 Å². The molecule has 1 heterocycles. The summed E-state index contributed by atoms with van der Waals surface area (Å²) in [7, 11) is 1.97. The predicted octanol–water partition coefficient (Wildman–Crippen LogP) is 2.98. The van der Waals surface area contributed by atoms with Gasteiger partial charge >= 0.3 is 0 Å². The molecule has 3 nitrogen and oxygen atoms in total. The molecule has 0 aliphatic heterocycles. The fourth-order valence-electron chi connectivity index (χ4n) is 1.60. The molecule has 98 valence electrons. The molecule has 0 unspecified atom stereocenters. The molecule has 18 heavy (non-hydrogen) atoms. The predicted molar refractivity (Wildman–Crippen MR) is 72.4 cm³/mol. The lowest BCUT2D eigenvalue weighted by molar-refractivity contribution is 0.112. The highest BCUT2D eigenvalue weighted by Gasteiger charge is 1.99. The molecule has 0 fully saturated rings. The van der Waals surface area contributed by atoms with Crippen LogP contribution in [0.5, 0.6) is 0 Å². The van der Waals surface area contributed by atoms with E-state index in [1.54, 1.807) is 12.1 Å². The van der Waals surface area contributed by atoms with Crippen molar-refractivity contribution < 1.29 is 9.18 Å². The van der Waals surface area contributed by atoms with Crippen LogP contribution in [0.25, 0.3) is 10.9 Å². The molecular formula is C14H19FN2O. The van der Waals surface area contributed by atoms with E-state index in [0.29, 0.717) is 12.0 Å². The third-order valence-corrected chi connectivity index (χ3v) is 2.34. The van der Waals surface area contributed by atoms with Gasteiger partial charge in [0, 0.05) is 10.9 Å². The van der Waals surface area contributed by atoms with E-state index in [0.717, 1.165) is 23.4 Å². The van der Waals surface area contributed by atoms with Crippen molar-refractivity contribution >= 4 is 17.2 Å². The van der Waals surface area contributed by atoms with E-state index in [-0.39, 0.29) is 5.82 Å². The first kappa shape index (κ1) is 14.4. The van der Waals surface area contributed by atoms with Crippen LogP contribution < -0.4 is 5.32 Å². The number of rotatable bonds is 3. The number of fused-ring (bicyclic) bond motifs is 1. The highest BCUT2D eigenvalue weighted by Crippen LogP contribution is 2.15. The van der Waals surface area contributed by atoms with E-state index in [1.807, 2.05) is 7.05 Å². The van der Waals surface area contributed by atoms with Crippen molar-refractivity contribution in [2.45, 2.75) is 13.8 Å². The van der Waals surface area contributed by atoms with E-state index < -0.39 is 0 Å². The topological polar surface area (TPSA) is 44.9 Å². The standard InChI is InChI=1S/C9H6FNO.C5H13N/c10-7-1-2-9-6(3-7)4-8(5-12)11-9;1-5(2)4-6-3/h1-5,11H;5-6H,4H2,1-3H3. The fraction of sp³-hybridized carbons (Fsp3) is 0.357. The molecule has 2 rings (SSSR count). The summed E-state index contributed by atoms with van der Waals surface area (Å²) >= 11 is 0. The second kappa shape index (κ2) is 6.91. The highest BCUT2D eigenvalue weighted by molar-refractivity contribution is 5.87. The quantitative estimate of drug-likeness (QED) is 0.822. The summed E-state index contributed by atoms with van der Waals surface area (Å²) < 4.78 is 12.6. The highest BCUT2D eigenvalue weighted by atomic mass is 19.1. The van der Waals surface area contributed by atoms with Gasteiger partial charge in [0.15, 0.2) is 6.29 Å². The number of carbonyl (C=O) groups is 1. The SMILES string of the molecule is CNCC(C)C.O=Cc1cc2cc(F)ccc2[nH]1. The van der Waals surface area contributed by atoms with Crippen LogP contribution in [0.2, 0.25) is 0 Å². The van der Waals surface area contributed by atoms with Crippen LogP contribution in [0.1, 0.15) is 24.3 Å². The molecule has 0 bridgehead atoms. The number of hydrogen-bond donors (Lipinski definition) is 2. The van der Waals surface area contributed by atoms with Crippen LogP contribution in [0.4, 0.5) is 4.39 Å². The van der Waals surface area contributed by atoms with Gasteiger partial charge in [-0.2, -0.15) is 0 Å². The maximum Gasteiger partial charge on any atom is 0.166 e. The minimum absolute atomic E-state index is 0.293. The molecule has 0 saturated carbocycles. The maximum absolute atomic E-state index is 12.6. The lowest BCUT2D eigenvalue weighted by Gasteiger charge is -1.98. The van der Waals surface area contributed by atoms with Crippen molar-refractivity contribution in [3.63, 3.8) is 0 Å². The molecule has 0 atom stereocenters. The summed E-state index contributed by atoms with van der Waals surface area (Å²) in [5.41, 5.74) is 1.24. The molecule has 0 spiro atoms. The first-order valence-corrected chi connectivity index (χ1v) is 5.95. The molecule has 0 aliphatic carbocycles. The summed E-state index contributed by atoms with van der Waals surface area (Å²) in [6.45, 7) is 5.51. The number of aromatic amines is 1. The lowest BCUT2D eigenvalue weighted by atomic mass is 10.2. The maximum atomic E-state index is 12.6. The van der Waals surface area contributed by atoms with E-state index in [9.17, 15) is 9.18 Å². The number of nitrogens with one attached hydrogen (secondary N) is 2. The van der Waals surface area contributed by atoms with Crippen molar-refractivity contribution in [2.24, 2.45) is 5.92 Å².